The molecule has 0 aliphatic carbocycles. The van der Waals surface area contributed by atoms with Crippen molar-refractivity contribution in [1.29, 1.82) is 0 Å². The van der Waals surface area contributed by atoms with Crippen molar-refractivity contribution in [2.75, 3.05) is 11.9 Å². The molecule has 2 N–H and O–H groups in total. The summed E-state index contributed by atoms with van der Waals surface area (Å²) < 4.78 is 0. The van der Waals surface area contributed by atoms with E-state index in [2.05, 4.69) is 0 Å². The molecular formula is C11H14N2OS. The summed E-state index contributed by atoms with van der Waals surface area (Å²) in [6, 6.07) is 7.30. The van der Waals surface area contributed by atoms with Crippen molar-refractivity contribution in [2.45, 2.75) is 13.3 Å². The minimum atomic E-state index is 0.0816. The number of hydrogen-bond acceptors (Lipinski definition) is 2. The molecule has 0 atom stereocenters. The molecule has 3 nitrogen and oxygen atoms in total. The number of carbonyl (C=O) groups is 1. The summed E-state index contributed by atoms with van der Waals surface area (Å²) in [6.45, 7) is 1.84. The van der Waals surface area contributed by atoms with Crippen LogP contribution >= 0.6 is 12.2 Å². The highest BCUT2D eigenvalue weighted by molar-refractivity contribution is 7.80. The molecule has 0 unspecified atom stereocenters. The summed E-state index contributed by atoms with van der Waals surface area (Å²) in [4.78, 5) is 13.4. The molecule has 0 spiro atoms. The van der Waals surface area contributed by atoms with E-state index in [0.29, 0.717) is 11.4 Å². The Morgan fingerprint density at radius 1 is 1.40 bits per heavy atom. The first-order chi connectivity index (χ1) is 7.06. The molecule has 4 heteroatoms. The fourth-order valence-electron chi connectivity index (χ4n) is 1.23. The summed E-state index contributed by atoms with van der Waals surface area (Å²) in [7, 11) is 1.75. The summed E-state index contributed by atoms with van der Waals surface area (Å²) in [5.74, 6) is 0.0816. The van der Waals surface area contributed by atoms with Crippen LogP contribution in [0.1, 0.15) is 18.9 Å². The van der Waals surface area contributed by atoms with Gasteiger partial charge in [0.1, 0.15) is 4.99 Å². The first-order valence-electron chi connectivity index (χ1n) is 4.72. The largest absolute Gasteiger partial charge is 0.389 e. The second-order valence-electron chi connectivity index (χ2n) is 3.22. The summed E-state index contributed by atoms with van der Waals surface area (Å²) in [6.07, 6.45) is 0.494. The van der Waals surface area contributed by atoms with Crippen LogP contribution in [0, 0.1) is 0 Å². The first kappa shape index (κ1) is 11.7. The number of thiocarbonyl (C=S) groups is 1. The Morgan fingerprint density at radius 3 is 2.33 bits per heavy atom. The molecular weight excluding hydrogens is 208 g/mol. The molecule has 0 radical (unpaired) electrons. The Hall–Kier alpha value is -1.42. The smallest absolute Gasteiger partial charge is 0.226 e. The van der Waals surface area contributed by atoms with Gasteiger partial charge in [-0.05, 0) is 24.3 Å². The van der Waals surface area contributed by atoms with Crippen molar-refractivity contribution in [1.82, 2.24) is 0 Å². The van der Waals surface area contributed by atoms with Gasteiger partial charge in [-0.25, -0.2) is 0 Å². The van der Waals surface area contributed by atoms with E-state index in [-0.39, 0.29) is 5.91 Å². The van der Waals surface area contributed by atoms with E-state index >= 15 is 0 Å². The molecule has 1 aromatic carbocycles. The van der Waals surface area contributed by atoms with Gasteiger partial charge in [0, 0.05) is 24.7 Å². The highest BCUT2D eigenvalue weighted by Gasteiger charge is 2.07. The fraction of sp³-hybridized carbons (Fsp3) is 0.273. The van der Waals surface area contributed by atoms with E-state index in [1.165, 1.54) is 0 Å². The minimum Gasteiger partial charge on any atom is -0.389 e. The van der Waals surface area contributed by atoms with Crippen molar-refractivity contribution < 1.29 is 4.79 Å². The number of carbonyl (C=O) groups excluding carboxylic acids is 1. The van der Waals surface area contributed by atoms with Gasteiger partial charge in [-0.1, -0.05) is 19.1 Å². The lowest BCUT2D eigenvalue weighted by atomic mass is 10.2. The fourth-order valence-corrected chi connectivity index (χ4v) is 1.37. The Kier molecular flexibility index (Phi) is 3.80. The van der Waals surface area contributed by atoms with Crippen LogP contribution in [0.3, 0.4) is 0 Å². The highest BCUT2D eigenvalue weighted by atomic mass is 32.1. The van der Waals surface area contributed by atoms with Crippen molar-refractivity contribution >= 4 is 28.8 Å². The van der Waals surface area contributed by atoms with E-state index in [4.69, 9.17) is 18.0 Å². The maximum absolute atomic E-state index is 11.4. The van der Waals surface area contributed by atoms with Crippen LogP contribution in [0.5, 0.6) is 0 Å². The monoisotopic (exact) mass is 222 g/mol. The first-order valence-corrected chi connectivity index (χ1v) is 5.13. The zero-order valence-corrected chi connectivity index (χ0v) is 9.67. The molecule has 1 aromatic rings. The van der Waals surface area contributed by atoms with Crippen LogP contribution in [0.25, 0.3) is 0 Å². The van der Waals surface area contributed by atoms with Gasteiger partial charge in [-0.2, -0.15) is 0 Å². The maximum Gasteiger partial charge on any atom is 0.226 e. The molecule has 0 bridgehead atoms. The third-order valence-electron chi connectivity index (χ3n) is 2.22. The Labute approximate surface area is 94.9 Å². The quantitative estimate of drug-likeness (QED) is 0.792. The molecule has 0 fully saturated rings. The molecule has 0 aliphatic heterocycles. The van der Waals surface area contributed by atoms with Crippen LogP contribution in [0.2, 0.25) is 0 Å². The van der Waals surface area contributed by atoms with Crippen LogP contribution in [0.15, 0.2) is 24.3 Å². The zero-order valence-electron chi connectivity index (χ0n) is 8.86. The molecule has 1 rings (SSSR count). The minimum absolute atomic E-state index is 0.0816. The van der Waals surface area contributed by atoms with Gasteiger partial charge in [-0.3, -0.25) is 4.79 Å². The van der Waals surface area contributed by atoms with Crippen molar-refractivity contribution in [3.05, 3.63) is 29.8 Å². The maximum atomic E-state index is 11.4. The van der Waals surface area contributed by atoms with Gasteiger partial charge in [0.2, 0.25) is 5.91 Å². The molecule has 1 amide bonds. The highest BCUT2D eigenvalue weighted by Crippen LogP contribution is 2.14. The lowest BCUT2D eigenvalue weighted by Crippen LogP contribution is -2.25. The summed E-state index contributed by atoms with van der Waals surface area (Å²) >= 11 is 4.84. The molecule has 80 valence electrons. The van der Waals surface area contributed by atoms with E-state index < -0.39 is 0 Å². The number of benzene rings is 1. The second kappa shape index (κ2) is 4.89. The number of nitrogens with two attached hydrogens (primary N) is 1. The molecule has 15 heavy (non-hydrogen) atoms. The van der Waals surface area contributed by atoms with Gasteiger partial charge in [0.05, 0.1) is 0 Å². The molecule has 0 saturated heterocycles. The molecule has 0 saturated carbocycles. The van der Waals surface area contributed by atoms with Gasteiger partial charge in [0.25, 0.3) is 0 Å². The standard InChI is InChI=1S/C11H14N2OS/c1-3-10(14)13(2)9-6-4-8(5-7-9)11(12)15/h4-7H,3H2,1-2H3,(H2,12,15). The van der Waals surface area contributed by atoms with E-state index in [9.17, 15) is 4.79 Å². The van der Waals surface area contributed by atoms with Crippen molar-refractivity contribution in [3.8, 4) is 0 Å². The topological polar surface area (TPSA) is 46.3 Å². The van der Waals surface area contributed by atoms with Crippen LogP contribution in [-0.2, 0) is 4.79 Å². The lowest BCUT2D eigenvalue weighted by Gasteiger charge is -2.16. The van der Waals surface area contributed by atoms with Crippen LogP contribution in [0.4, 0.5) is 5.69 Å². The van der Waals surface area contributed by atoms with Crippen molar-refractivity contribution in [3.63, 3.8) is 0 Å². The Balaban J connectivity index is 2.89. The third-order valence-corrected chi connectivity index (χ3v) is 2.45. The average Bonchev–Trinajstić information content (AvgIpc) is 2.27. The Bertz CT molecular complexity index is 373. The normalized spacial score (nSPS) is 9.73. The van der Waals surface area contributed by atoms with E-state index in [1.54, 1.807) is 11.9 Å². The van der Waals surface area contributed by atoms with Gasteiger partial charge >= 0.3 is 0 Å². The van der Waals surface area contributed by atoms with E-state index in [1.807, 2.05) is 31.2 Å². The number of nitrogens with zero attached hydrogens (tertiary/aromatic N) is 1. The van der Waals surface area contributed by atoms with Gasteiger partial charge in [-0.15, -0.1) is 0 Å². The van der Waals surface area contributed by atoms with E-state index in [0.717, 1.165) is 11.3 Å². The predicted octanol–water partition coefficient (Wildman–Crippen LogP) is 1.69. The second-order valence-corrected chi connectivity index (χ2v) is 3.66. The SMILES string of the molecule is CCC(=O)N(C)c1ccc(C(N)=S)cc1. The molecule has 0 heterocycles. The van der Waals surface area contributed by atoms with Crippen molar-refractivity contribution in [2.24, 2.45) is 5.73 Å². The predicted molar refractivity (Wildman–Crippen MR) is 66.0 cm³/mol. The molecule has 0 aliphatic rings. The van der Waals surface area contributed by atoms with Gasteiger partial charge in [0.15, 0.2) is 0 Å². The van der Waals surface area contributed by atoms with Crippen LogP contribution in [-0.4, -0.2) is 17.9 Å². The summed E-state index contributed by atoms with van der Waals surface area (Å²) in [5.41, 5.74) is 7.14. The summed E-state index contributed by atoms with van der Waals surface area (Å²) in [5, 5.41) is 0. The lowest BCUT2D eigenvalue weighted by molar-refractivity contribution is -0.118. The zero-order chi connectivity index (χ0) is 11.4. The third kappa shape index (κ3) is 2.76. The number of rotatable bonds is 3. The average molecular weight is 222 g/mol. The number of anilines is 1. The molecule has 0 aromatic heterocycles. The Morgan fingerprint density at radius 2 is 1.93 bits per heavy atom. The van der Waals surface area contributed by atoms with Gasteiger partial charge < -0.3 is 10.6 Å². The number of amides is 1. The number of hydrogen-bond donors (Lipinski definition) is 1. The van der Waals surface area contributed by atoms with Crippen LogP contribution < -0.4 is 10.6 Å².